The quantitative estimate of drug-likeness (QED) is 0.863. The lowest BCUT2D eigenvalue weighted by Crippen LogP contribution is -2.40. The largest absolute Gasteiger partial charge is 0.381 e. The Morgan fingerprint density at radius 1 is 1.43 bits per heavy atom. The number of amides is 1. The molecule has 23 heavy (non-hydrogen) atoms. The zero-order valence-electron chi connectivity index (χ0n) is 13.9. The van der Waals surface area contributed by atoms with Crippen molar-refractivity contribution in [2.45, 2.75) is 39.2 Å². The summed E-state index contributed by atoms with van der Waals surface area (Å²) in [4.78, 5) is 19.2. The number of nitrogens with zero attached hydrogens (tertiary/aromatic N) is 2. The lowest BCUT2D eigenvalue weighted by atomic mass is 9.96. The number of aryl methyl sites for hydroxylation is 1. The Balaban J connectivity index is 1.35. The van der Waals surface area contributed by atoms with Crippen LogP contribution >= 0.6 is 11.3 Å². The number of piperidine rings is 1. The zero-order chi connectivity index (χ0) is 16.1. The molecule has 1 N–H and O–H groups in total. The molecule has 0 aromatic carbocycles. The number of likely N-dealkylation sites (tertiary alicyclic amines) is 1. The minimum Gasteiger partial charge on any atom is -0.381 e. The van der Waals surface area contributed by atoms with Crippen LogP contribution in [-0.4, -0.2) is 48.6 Å². The van der Waals surface area contributed by atoms with Gasteiger partial charge in [0.1, 0.15) is 0 Å². The van der Waals surface area contributed by atoms with Gasteiger partial charge in [0.2, 0.25) is 5.91 Å². The van der Waals surface area contributed by atoms with Gasteiger partial charge in [-0.25, -0.2) is 4.98 Å². The Labute approximate surface area is 142 Å². The lowest BCUT2D eigenvalue weighted by molar-refractivity contribution is -0.125. The molecular weight excluding hydrogens is 310 g/mol. The van der Waals surface area contributed by atoms with Crippen LogP contribution in [-0.2, 0) is 22.5 Å². The van der Waals surface area contributed by atoms with Crippen LogP contribution in [0.15, 0.2) is 5.38 Å². The van der Waals surface area contributed by atoms with Gasteiger partial charge >= 0.3 is 0 Å². The highest BCUT2D eigenvalue weighted by molar-refractivity contribution is 7.09. The molecule has 2 aliphatic heterocycles. The molecule has 6 heteroatoms. The van der Waals surface area contributed by atoms with E-state index in [2.05, 4.69) is 27.5 Å². The van der Waals surface area contributed by atoms with Crippen molar-refractivity contribution in [1.82, 2.24) is 15.2 Å². The van der Waals surface area contributed by atoms with Crippen molar-refractivity contribution in [2.75, 3.05) is 32.8 Å². The third-order valence-electron chi connectivity index (χ3n) is 4.86. The third-order valence-corrected chi connectivity index (χ3v) is 5.90. The summed E-state index contributed by atoms with van der Waals surface area (Å²) < 4.78 is 5.28. The van der Waals surface area contributed by atoms with Gasteiger partial charge in [-0.15, -0.1) is 11.3 Å². The number of nitrogens with one attached hydrogen (secondary N) is 1. The van der Waals surface area contributed by atoms with Crippen LogP contribution in [0.2, 0.25) is 0 Å². The predicted octanol–water partition coefficient (Wildman–Crippen LogP) is 2.07. The first kappa shape index (κ1) is 16.9. The van der Waals surface area contributed by atoms with Crippen LogP contribution in [0.25, 0.3) is 0 Å². The molecular formula is C17H27N3O2S. The average molecular weight is 337 g/mol. The highest BCUT2D eigenvalue weighted by Crippen LogP contribution is 2.20. The van der Waals surface area contributed by atoms with E-state index in [1.54, 1.807) is 11.3 Å². The number of hydrogen-bond donors (Lipinski definition) is 1. The summed E-state index contributed by atoms with van der Waals surface area (Å²) in [6.45, 7) is 7.47. The monoisotopic (exact) mass is 337 g/mol. The van der Waals surface area contributed by atoms with Crippen molar-refractivity contribution in [1.29, 1.82) is 0 Å². The molecule has 2 fully saturated rings. The van der Waals surface area contributed by atoms with Crippen LogP contribution in [0.5, 0.6) is 0 Å². The number of ether oxygens (including phenoxy) is 1. The minimum atomic E-state index is 0.0764. The van der Waals surface area contributed by atoms with Gasteiger partial charge in [0, 0.05) is 25.1 Å². The molecule has 0 spiro atoms. The summed E-state index contributed by atoms with van der Waals surface area (Å²) in [5, 5.41) is 6.54. The van der Waals surface area contributed by atoms with Crippen molar-refractivity contribution in [3.8, 4) is 0 Å². The second-order valence-corrected chi connectivity index (χ2v) is 7.55. The first-order valence-electron chi connectivity index (χ1n) is 8.75. The smallest absolute Gasteiger partial charge is 0.225 e. The Morgan fingerprint density at radius 3 is 2.91 bits per heavy atom. The van der Waals surface area contributed by atoms with Gasteiger partial charge in [-0.3, -0.25) is 9.69 Å². The van der Waals surface area contributed by atoms with E-state index in [1.165, 1.54) is 10.7 Å². The summed E-state index contributed by atoms with van der Waals surface area (Å²) in [7, 11) is 0. The van der Waals surface area contributed by atoms with Crippen LogP contribution in [0.3, 0.4) is 0 Å². The van der Waals surface area contributed by atoms with Crippen LogP contribution in [0.1, 0.15) is 36.9 Å². The maximum atomic E-state index is 12.0. The second-order valence-electron chi connectivity index (χ2n) is 6.61. The highest BCUT2D eigenvalue weighted by atomic mass is 32.1. The molecule has 1 atom stereocenters. The molecule has 0 radical (unpaired) electrons. The first-order chi connectivity index (χ1) is 11.2. The molecule has 1 aromatic heterocycles. The van der Waals surface area contributed by atoms with E-state index in [0.29, 0.717) is 12.5 Å². The van der Waals surface area contributed by atoms with E-state index < -0.39 is 0 Å². The van der Waals surface area contributed by atoms with Crippen LogP contribution in [0, 0.1) is 11.8 Å². The number of aromatic nitrogens is 1. The third kappa shape index (κ3) is 4.75. The second kappa shape index (κ2) is 8.22. The predicted molar refractivity (Wildman–Crippen MR) is 91.4 cm³/mol. The van der Waals surface area contributed by atoms with Gasteiger partial charge in [0.05, 0.1) is 23.2 Å². The SMILES string of the molecule is CCc1nc(CN2CCC(CNC(=O)[C@H]3CCOC3)CC2)cs1. The van der Waals surface area contributed by atoms with Gasteiger partial charge in [-0.2, -0.15) is 0 Å². The first-order valence-corrected chi connectivity index (χ1v) is 9.63. The molecule has 1 amide bonds. The maximum absolute atomic E-state index is 12.0. The normalized spacial score (nSPS) is 23.3. The fourth-order valence-corrected chi connectivity index (χ4v) is 4.03. The molecule has 128 valence electrons. The molecule has 3 heterocycles. The molecule has 2 saturated heterocycles. The molecule has 0 saturated carbocycles. The van der Waals surface area contributed by atoms with Gasteiger partial charge in [-0.1, -0.05) is 6.92 Å². The molecule has 5 nitrogen and oxygen atoms in total. The van der Waals surface area contributed by atoms with E-state index in [1.807, 2.05) is 0 Å². The fourth-order valence-electron chi connectivity index (χ4n) is 3.29. The fraction of sp³-hybridized carbons (Fsp3) is 0.765. The Bertz CT molecular complexity index is 506. The maximum Gasteiger partial charge on any atom is 0.225 e. The topological polar surface area (TPSA) is 54.5 Å². The number of carbonyl (C=O) groups excluding carboxylic acids is 1. The molecule has 0 unspecified atom stereocenters. The van der Waals surface area contributed by atoms with Gasteiger partial charge in [0.25, 0.3) is 0 Å². The van der Waals surface area contributed by atoms with Gasteiger partial charge in [0.15, 0.2) is 0 Å². The summed E-state index contributed by atoms with van der Waals surface area (Å²) >= 11 is 1.77. The van der Waals surface area contributed by atoms with E-state index >= 15 is 0 Å². The van der Waals surface area contributed by atoms with Gasteiger partial charge < -0.3 is 10.1 Å². The van der Waals surface area contributed by atoms with Crippen molar-refractivity contribution in [3.05, 3.63) is 16.1 Å². The van der Waals surface area contributed by atoms with Crippen molar-refractivity contribution in [3.63, 3.8) is 0 Å². The number of hydrogen-bond acceptors (Lipinski definition) is 5. The van der Waals surface area contributed by atoms with Gasteiger partial charge in [-0.05, 0) is 44.7 Å². The van der Waals surface area contributed by atoms with Crippen LogP contribution < -0.4 is 5.32 Å². The molecule has 1 aromatic rings. The van der Waals surface area contributed by atoms with E-state index in [9.17, 15) is 4.79 Å². The summed E-state index contributed by atoms with van der Waals surface area (Å²) in [6, 6.07) is 0. The van der Waals surface area contributed by atoms with Crippen molar-refractivity contribution >= 4 is 17.2 Å². The van der Waals surface area contributed by atoms with Crippen LogP contribution in [0.4, 0.5) is 0 Å². The molecule has 0 aliphatic carbocycles. The lowest BCUT2D eigenvalue weighted by Gasteiger charge is -2.31. The Kier molecular flexibility index (Phi) is 6.02. The zero-order valence-corrected chi connectivity index (χ0v) is 14.7. The number of rotatable bonds is 6. The Hall–Kier alpha value is -0.980. The standard InChI is InChI=1S/C17H27N3O2S/c1-2-16-19-15(12-23-16)10-20-6-3-13(4-7-20)9-18-17(21)14-5-8-22-11-14/h12-14H,2-11H2,1H3,(H,18,21)/t14-/m0/s1. The minimum absolute atomic E-state index is 0.0764. The number of carbonyl (C=O) groups is 1. The average Bonchev–Trinajstić information content (AvgIpc) is 3.25. The van der Waals surface area contributed by atoms with E-state index in [4.69, 9.17) is 4.74 Å². The molecule has 3 rings (SSSR count). The highest BCUT2D eigenvalue weighted by Gasteiger charge is 2.25. The van der Waals surface area contributed by atoms with E-state index in [0.717, 1.165) is 58.5 Å². The van der Waals surface area contributed by atoms with E-state index in [-0.39, 0.29) is 11.8 Å². The van der Waals surface area contributed by atoms with Crippen molar-refractivity contribution < 1.29 is 9.53 Å². The number of thiazole rings is 1. The Morgan fingerprint density at radius 2 is 2.26 bits per heavy atom. The summed E-state index contributed by atoms with van der Waals surface area (Å²) in [5.41, 5.74) is 1.21. The molecule has 0 bridgehead atoms. The van der Waals surface area contributed by atoms with Crippen molar-refractivity contribution in [2.24, 2.45) is 11.8 Å². The summed E-state index contributed by atoms with van der Waals surface area (Å²) in [6.07, 6.45) is 4.22. The molecule has 2 aliphatic rings. The summed E-state index contributed by atoms with van der Waals surface area (Å²) in [5.74, 6) is 0.867.